The summed E-state index contributed by atoms with van der Waals surface area (Å²) >= 11 is 6.12. The first-order valence-corrected chi connectivity index (χ1v) is 13.0. The molecule has 5 fully saturated rings. The molecule has 2 N–H and O–H groups in total. The van der Waals surface area contributed by atoms with E-state index in [0.29, 0.717) is 28.4 Å². The Bertz CT molecular complexity index is 978. The number of fused-ring (bicyclic) bond motifs is 1. The van der Waals surface area contributed by atoms with Crippen molar-refractivity contribution in [2.75, 3.05) is 5.32 Å². The van der Waals surface area contributed by atoms with E-state index < -0.39 is 0 Å². The Morgan fingerprint density at radius 1 is 0.969 bits per heavy atom. The molecule has 0 radical (unpaired) electrons. The van der Waals surface area contributed by atoms with Crippen molar-refractivity contribution in [1.29, 1.82) is 0 Å². The summed E-state index contributed by atoms with van der Waals surface area (Å²) in [6, 6.07) is 8.71. The lowest BCUT2D eigenvalue weighted by Crippen LogP contribution is -2.49. The van der Waals surface area contributed by atoms with Crippen LogP contribution in [0.1, 0.15) is 70.6 Å². The monoisotopic (exact) mass is 451 g/mol. The van der Waals surface area contributed by atoms with Crippen LogP contribution in [0.4, 0.5) is 5.69 Å². The first-order valence-electron chi connectivity index (χ1n) is 12.6. The minimum atomic E-state index is 0.320. The van der Waals surface area contributed by atoms with Crippen LogP contribution in [-0.4, -0.2) is 23.0 Å². The number of benzene rings is 1. The molecule has 0 spiro atoms. The van der Waals surface area contributed by atoms with Gasteiger partial charge in [0.1, 0.15) is 0 Å². The molecule has 5 saturated carbocycles. The minimum absolute atomic E-state index is 0.320. The van der Waals surface area contributed by atoms with E-state index in [1.807, 2.05) is 24.4 Å². The smallest absolute Gasteiger partial charge is 0.220 e. The molecule has 2 aromatic rings. The number of nitrogens with one attached hydrogen (secondary N) is 2. The summed E-state index contributed by atoms with van der Waals surface area (Å²) in [5.74, 6) is 3.06. The Labute approximate surface area is 195 Å². The molecule has 1 aromatic heterocycles. The number of pyridine rings is 1. The molecule has 7 rings (SSSR count). The summed E-state index contributed by atoms with van der Waals surface area (Å²) in [6.45, 7) is 0. The molecule has 170 valence electrons. The van der Waals surface area contributed by atoms with E-state index in [4.69, 9.17) is 11.6 Å². The number of rotatable bonds is 5. The van der Waals surface area contributed by atoms with Crippen LogP contribution in [0.15, 0.2) is 30.5 Å². The van der Waals surface area contributed by atoms with Gasteiger partial charge in [-0.1, -0.05) is 11.6 Å². The lowest BCUT2D eigenvalue weighted by molar-refractivity contribution is -0.130. The Morgan fingerprint density at radius 3 is 2.31 bits per heavy atom. The highest BCUT2D eigenvalue weighted by molar-refractivity contribution is 6.31. The van der Waals surface area contributed by atoms with Crippen molar-refractivity contribution in [2.24, 2.45) is 23.2 Å². The molecule has 5 aliphatic rings. The fourth-order valence-corrected chi connectivity index (χ4v) is 8.14. The molecule has 32 heavy (non-hydrogen) atoms. The van der Waals surface area contributed by atoms with Gasteiger partial charge in [0.05, 0.1) is 5.52 Å². The van der Waals surface area contributed by atoms with E-state index in [-0.39, 0.29) is 0 Å². The van der Waals surface area contributed by atoms with Crippen LogP contribution < -0.4 is 10.6 Å². The maximum atomic E-state index is 13.0. The summed E-state index contributed by atoms with van der Waals surface area (Å²) in [7, 11) is 0. The molecule has 4 nitrogen and oxygen atoms in total. The number of aromatic nitrogens is 1. The third-order valence-corrected chi connectivity index (χ3v) is 9.09. The Hall–Kier alpha value is -1.81. The van der Waals surface area contributed by atoms with Gasteiger partial charge in [0, 0.05) is 40.8 Å². The zero-order chi connectivity index (χ0) is 21.7. The first kappa shape index (κ1) is 20.8. The van der Waals surface area contributed by atoms with Crippen LogP contribution in [0, 0.1) is 23.2 Å². The Balaban J connectivity index is 1.02. The van der Waals surface area contributed by atoms with Crippen molar-refractivity contribution in [3.05, 3.63) is 35.5 Å². The third kappa shape index (κ3) is 4.11. The Morgan fingerprint density at radius 2 is 1.62 bits per heavy atom. The number of hydrogen-bond acceptors (Lipinski definition) is 3. The van der Waals surface area contributed by atoms with E-state index in [0.717, 1.165) is 66.4 Å². The van der Waals surface area contributed by atoms with Gasteiger partial charge in [0.2, 0.25) is 5.91 Å². The lowest BCUT2D eigenvalue weighted by Gasteiger charge is -2.56. The fourth-order valence-electron chi connectivity index (χ4n) is 7.97. The number of carbonyl (C=O) groups is 1. The second-order valence-corrected chi connectivity index (χ2v) is 11.8. The predicted octanol–water partition coefficient (Wildman–Crippen LogP) is 6.33. The number of amides is 1. The lowest BCUT2D eigenvalue weighted by atomic mass is 9.49. The molecule has 1 amide bonds. The van der Waals surface area contributed by atoms with E-state index >= 15 is 0 Å². The average Bonchev–Trinajstić information content (AvgIpc) is 2.73. The van der Waals surface area contributed by atoms with Gasteiger partial charge >= 0.3 is 0 Å². The van der Waals surface area contributed by atoms with Crippen LogP contribution in [0.3, 0.4) is 0 Å². The van der Waals surface area contributed by atoms with Gasteiger partial charge in [-0.2, -0.15) is 0 Å². The standard InChI is InChI=1S/C27H34ClN3O/c28-20-1-6-23-24(7-8-29-25(23)12-20)30-21-2-4-22(5-3-21)31-26(32)16-27-13-17-9-18(14-27)11-19(10-17)15-27/h1,6-8,12,17-19,21-22H,2-5,9-11,13-16H2,(H,29,30)(H,31,32)/t17?,18?,19?,21-,22+,27?. The molecule has 1 aromatic carbocycles. The number of nitrogens with zero attached hydrogens (tertiary/aromatic N) is 1. The van der Waals surface area contributed by atoms with E-state index in [9.17, 15) is 4.79 Å². The number of carbonyl (C=O) groups excluding carboxylic acids is 1. The van der Waals surface area contributed by atoms with Crippen molar-refractivity contribution in [1.82, 2.24) is 10.3 Å². The van der Waals surface area contributed by atoms with Crippen LogP contribution in [-0.2, 0) is 4.79 Å². The molecule has 0 aliphatic heterocycles. The largest absolute Gasteiger partial charge is 0.382 e. The van der Waals surface area contributed by atoms with Crippen molar-refractivity contribution in [3.63, 3.8) is 0 Å². The van der Waals surface area contributed by atoms with Crippen molar-refractivity contribution in [3.8, 4) is 0 Å². The van der Waals surface area contributed by atoms with Gasteiger partial charge in [0.15, 0.2) is 0 Å². The van der Waals surface area contributed by atoms with Crippen LogP contribution in [0.5, 0.6) is 0 Å². The molecule has 4 bridgehead atoms. The highest BCUT2D eigenvalue weighted by atomic mass is 35.5. The summed E-state index contributed by atoms with van der Waals surface area (Å²) in [5.41, 5.74) is 2.39. The SMILES string of the molecule is O=C(CC12CC3CC(CC(C3)C1)C2)N[C@H]1CC[C@@H](Nc2ccnc3cc(Cl)ccc23)CC1. The van der Waals surface area contributed by atoms with Crippen LogP contribution in [0.25, 0.3) is 10.9 Å². The Kier molecular flexibility index (Phi) is 5.32. The second-order valence-electron chi connectivity index (χ2n) is 11.4. The third-order valence-electron chi connectivity index (χ3n) is 8.86. The number of anilines is 1. The van der Waals surface area contributed by atoms with E-state index in [1.165, 1.54) is 38.5 Å². The summed E-state index contributed by atoms with van der Waals surface area (Å²) < 4.78 is 0. The van der Waals surface area contributed by atoms with Gasteiger partial charge in [-0.25, -0.2) is 0 Å². The molecular formula is C27H34ClN3O. The highest BCUT2D eigenvalue weighted by Crippen LogP contribution is 2.61. The number of hydrogen-bond donors (Lipinski definition) is 2. The zero-order valence-electron chi connectivity index (χ0n) is 18.8. The summed E-state index contributed by atoms with van der Waals surface area (Å²) in [4.78, 5) is 17.4. The zero-order valence-corrected chi connectivity index (χ0v) is 19.5. The predicted molar refractivity (Wildman–Crippen MR) is 130 cm³/mol. The fraction of sp³-hybridized carbons (Fsp3) is 0.630. The highest BCUT2D eigenvalue weighted by Gasteiger charge is 2.51. The van der Waals surface area contributed by atoms with Gasteiger partial charge < -0.3 is 10.6 Å². The topological polar surface area (TPSA) is 54.0 Å². The first-order chi connectivity index (χ1) is 15.5. The van der Waals surface area contributed by atoms with Gasteiger partial charge in [-0.3, -0.25) is 9.78 Å². The normalized spacial score (nSPS) is 35.7. The van der Waals surface area contributed by atoms with Crippen molar-refractivity contribution in [2.45, 2.75) is 82.7 Å². The maximum Gasteiger partial charge on any atom is 0.220 e. The number of halogens is 1. The van der Waals surface area contributed by atoms with Gasteiger partial charge in [-0.15, -0.1) is 0 Å². The molecule has 0 saturated heterocycles. The van der Waals surface area contributed by atoms with Gasteiger partial charge in [0.25, 0.3) is 0 Å². The molecule has 1 heterocycles. The molecule has 5 aliphatic carbocycles. The molecule has 0 atom stereocenters. The van der Waals surface area contributed by atoms with Crippen LogP contribution in [0.2, 0.25) is 5.02 Å². The summed E-state index contributed by atoms with van der Waals surface area (Å²) in [6.07, 6.45) is 15.2. The summed E-state index contributed by atoms with van der Waals surface area (Å²) in [5, 5.41) is 8.98. The molecular weight excluding hydrogens is 418 g/mol. The molecule has 5 heteroatoms. The molecule has 0 unspecified atom stereocenters. The van der Waals surface area contributed by atoms with Crippen molar-refractivity contribution >= 4 is 34.1 Å². The minimum Gasteiger partial charge on any atom is -0.382 e. The maximum absolute atomic E-state index is 13.0. The quantitative estimate of drug-likeness (QED) is 0.558. The van der Waals surface area contributed by atoms with E-state index in [2.05, 4.69) is 21.7 Å². The van der Waals surface area contributed by atoms with Crippen molar-refractivity contribution < 1.29 is 4.79 Å². The average molecular weight is 452 g/mol. The van der Waals surface area contributed by atoms with Gasteiger partial charge in [-0.05, 0) is 112 Å². The van der Waals surface area contributed by atoms with Crippen LogP contribution >= 0.6 is 11.6 Å². The second kappa shape index (κ2) is 8.20. The van der Waals surface area contributed by atoms with E-state index in [1.54, 1.807) is 0 Å².